The molecule has 0 atom stereocenters. The van der Waals surface area contributed by atoms with Gasteiger partial charge >= 0.3 is 0 Å². The molecule has 6 heteroatoms. The van der Waals surface area contributed by atoms with E-state index in [2.05, 4.69) is 5.43 Å². The number of anilines is 1. The summed E-state index contributed by atoms with van der Waals surface area (Å²) < 4.78 is 5.04. The summed E-state index contributed by atoms with van der Waals surface area (Å²) in [4.78, 5) is 24.9. The Morgan fingerprint density at radius 3 is 2.56 bits per heavy atom. The lowest BCUT2D eigenvalue weighted by Gasteiger charge is -2.16. The molecule has 2 aromatic carbocycles. The van der Waals surface area contributed by atoms with Crippen LogP contribution in [0.15, 0.2) is 42.0 Å². The Balaban J connectivity index is 1.98. The van der Waals surface area contributed by atoms with E-state index in [4.69, 9.17) is 4.74 Å². The molecular formula is C19H18N2O4. The molecule has 1 fully saturated rings. The van der Waals surface area contributed by atoms with Gasteiger partial charge in [-0.2, -0.15) is 0 Å². The number of aromatic hydroxyl groups is 1. The minimum absolute atomic E-state index is 0.0539. The summed E-state index contributed by atoms with van der Waals surface area (Å²) >= 11 is 0. The first-order valence-electron chi connectivity index (χ1n) is 7.72. The standard InChI is InChI=1S/C19H18N2O4/c1-11-7-8-14(9-12(11)2)21-19(24)15(18(23)20-21)10-13-5-4-6-16(25-3)17(13)22/h4-10,22H,1-3H3,(H,20,23). The van der Waals surface area contributed by atoms with Crippen LogP contribution in [-0.4, -0.2) is 24.0 Å². The predicted molar refractivity (Wildman–Crippen MR) is 94.2 cm³/mol. The van der Waals surface area contributed by atoms with Crippen molar-refractivity contribution in [2.45, 2.75) is 13.8 Å². The Bertz CT molecular complexity index is 902. The van der Waals surface area contributed by atoms with E-state index in [1.807, 2.05) is 26.0 Å². The van der Waals surface area contributed by atoms with Crippen molar-refractivity contribution < 1.29 is 19.4 Å². The third-order valence-corrected chi connectivity index (χ3v) is 4.19. The quantitative estimate of drug-likeness (QED) is 0.666. The number of benzene rings is 2. The number of amides is 2. The van der Waals surface area contributed by atoms with Gasteiger partial charge in [0.25, 0.3) is 11.8 Å². The highest BCUT2D eigenvalue weighted by atomic mass is 16.5. The van der Waals surface area contributed by atoms with Crippen LogP contribution in [0.3, 0.4) is 0 Å². The number of hydrazine groups is 1. The number of hydrogen-bond acceptors (Lipinski definition) is 4. The maximum Gasteiger partial charge on any atom is 0.282 e. The van der Waals surface area contributed by atoms with E-state index >= 15 is 0 Å². The van der Waals surface area contributed by atoms with Gasteiger partial charge in [0, 0.05) is 5.56 Å². The number of rotatable bonds is 3. The zero-order chi connectivity index (χ0) is 18.1. The molecule has 2 aromatic rings. The number of para-hydroxylation sites is 1. The van der Waals surface area contributed by atoms with Gasteiger partial charge in [-0.15, -0.1) is 0 Å². The smallest absolute Gasteiger partial charge is 0.282 e. The molecular weight excluding hydrogens is 320 g/mol. The Morgan fingerprint density at radius 1 is 1.12 bits per heavy atom. The average molecular weight is 338 g/mol. The topological polar surface area (TPSA) is 78.9 Å². The molecule has 0 saturated carbocycles. The number of hydrogen-bond donors (Lipinski definition) is 2. The second kappa shape index (κ2) is 6.32. The molecule has 2 amide bonds. The van der Waals surface area contributed by atoms with Gasteiger partial charge in [0.15, 0.2) is 11.5 Å². The first kappa shape index (κ1) is 16.6. The Labute approximate surface area is 145 Å². The fourth-order valence-corrected chi connectivity index (χ4v) is 2.58. The molecule has 1 heterocycles. The zero-order valence-electron chi connectivity index (χ0n) is 14.2. The average Bonchev–Trinajstić information content (AvgIpc) is 2.87. The largest absolute Gasteiger partial charge is 0.504 e. The van der Waals surface area contributed by atoms with E-state index in [0.29, 0.717) is 11.3 Å². The van der Waals surface area contributed by atoms with Gasteiger partial charge in [0.05, 0.1) is 12.8 Å². The van der Waals surface area contributed by atoms with Crippen molar-refractivity contribution in [2.24, 2.45) is 0 Å². The summed E-state index contributed by atoms with van der Waals surface area (Å²) in [6, 6.07) is 10.4. The highest BCUT2D eigenvalue weighted by Gasteiger charge is 2.34. The monoisotopic (exact) mass is 338 g/mol. The van der Waals surface area contributed by atoms with Gasteiger partial charge in [0.2, 0.25) is 0 Å². The first-order chi connectivity index (χ1) is 11.9. The van der Waals surface area contributed by atoms with Crippen molar-refractivity contribution >= 4 is 23.6 Å². The van der Waals surface area contributed by atoms with E-state index < -0.39 is 11.8 Å². The summed E-state index contributed by atoms with van der Waals surface area (Å²) in [7, 11) is 1.43. The maximum atomic E-state index is 12.6. The number of phenols is 1. The molecule has 25 heavy (non-hydrogen) atoms. The van der Waals surface area contributed by atoms with Crippen molar-refractivity contribution in [1.82, 2.24) is 5.43 Å². The molecule has 3 rings (SSSR count). The van der Waals surface area contributed by atoms with Gasteiger partial charge in [-0.3, -0.25) is 15.0 Å². The maximum absolute atomic E-state index is 12.6. The molecule has 0 aromatic heterocycles. The van der Waals surface area contributed by atoms with Crippen LogP contribution in [0.1, 0.15) is 16.7 Å². The van der Waals surface area contributed by atoms with Crippen LogP contribution >= 0.6 is 0 Å². The molecule has 1 saturated heterocycles. The van der Waals surface area contributed by atoms with Crippen LogP contribution < -0.4 is 15.2 Å². The van der Waals surface area contributed by atoms with Crippen molar-refractivity contribution in [2.75, 3.05) is 12.1 Å². The molecule has 6 nitrogen and oxygen atoms in total. The molecule has 0 unspecified atom stereocenters. The number of ether oxygens (including phenoxy) is 1. The molecule has 0 aliphatic carbocycles. The van der Waals surface area contributed by atoms with Crippen molar-refractivity contribution in [3.8, 4) is 11.5 Å². The highest BCUT2D eigenvalue weighted by Crippen LogP contribution is 2.32. The fourth-order valence-electron chi connectivity index (χ4n) is 2.58. The molecule has 2 N–H and O–H groups in total. The zero-order valence-corrected chi connectivity index (χ0v) is 14.2. The third kappa shape index (κ3) is 2.94. The van der Waals surface area contributed by atoms with Gasteiger partial charge in [-0.05, 0) is 49.2 Å². The Morgan fingerprint density at radius 2 is 1.88 bits per heavy atom. The second-order valence-electron chi connectivity index (χ2n) is 5.81. The van der Waals surface area contributed by atoms with Crippen LogP contribution in [0, 0.1) is 13.8 Å². The van der Waals surface area contributed by atoms with E-state index in [0.717, 1.165) is 11.1 Å². The van der Waals surface area contributed by atoms with Crippen LogP contribution in [0.5, 0.6) is 11.5 Å². The van der Waals surface area contributed by atoms with Crippen LogP contribution in [-0.2, 0) is 9.59 Å². The van der Waals surface area contributed by atoms with Gasteiger partial charge in [0.1, 0.15) is 5.57 Å². The van der Waals surface area contributed by atoms with Crippen molar-refractivity contribution in [3.63, 3.8) is 0 Å². The second-order valence-corrected chi connectivity index (χ2v) is 5.81. The van der Waals surface area contributed by atoms with Gasteiger partial charge in [-0.25, -0.2) is 5.01 Å². The minimum Gasteiger partial charge on any atom is -0.504 e. The number of nitrogens with one attached hydrogen (secondary N) is 1. The normalized spacial score (nSPS) is 15.6. The lowest BCUT2D eigenvalue weighted by Crippen LogP contribution is -2.35. The summed E-state index contributed by atoms with van der Waals surface area (Å²) in [6.07, 6.45) is 1.36. The van der Waals surface area contributed by atoms with E-state index in [1.54, 1.807) is 24.3 Å². The molecule has 128 valence electrons. The lowest BCUT2D eigenvalue weighted by molar-refractivity contribution is -0.117. The third-order valence-electron chi connectivity index (χ3n) is 4.19. The Kier molecular flexibility index (Phi) is 4.19. The molecule has 1 aliphatic heterocycles. The molecule has 1 aliphatic rings. The van der Waals surface area contributed by atoms with Crippen LogP contribution in [0.4, 0.5) is 5.69 Å². The highest BCUT2D eigenvalue weighted by molar-refractivity contribution is 6.31. The van der Waals surface area contributed by atoms with Crippen molar-refractivity contribution in [3.05, 3.63) is 58.7 Å². The fraction of sp³-hybridized carbons (Fsp3) is 0.158. The molecule has 0 radical (unpaired) electrons. The SMILES string of the molecule is COc1cccc(C=C2C(=O)NN(c3ccc(C)c(C)c3)C2=O)c1O. The summed E-state index contributed by atoms with van der Waals surface area (Å²) in [6.45, 7) is 3.91. The summed E-state index contributed by atoms with van der Waals surface area (Å²) in [5, 5.41) is 11.4. The van der Waals surface area contributed by atoms with E-state index in [-0.39, 0.29) is 17.1 Å². The van der Waals surface area contributed by atoms with Gasteiger partial charge < -0.3 is 9.84 Å². The predicted octanol–water partition coefficient (Wildman–Crippen LogP) is 2.48. The van der Waals surface area contributed by atoms with Crippen molar-refractivity contribution in [1.29, 1.82) is 0 Å². The number of nitrogens with zero attached hydrogens (tertiary/aromatic N) is 1. The first-order valence-corrected chi connectivity index (χ1v) is 7.72. The molecule has 0 bridgehead atoms. The summed E-state index contributed by atoms with van der Waals surface area (Å²) in [5.74, 6) is -0.852. The number of phenolic OH excluding ortho intramolecular Hbond substituents is 1. The number of carbonyl (C=O) groups is 2. The summed E-state index contributed by atoms with van der Waals surface area (Å²) in [5.41, 5.74) is 5.52. The molecule has 0 spiro atoms. The van der Waals surface area contributed by atoms with Gasteiger partial charge in [-0.1, -0.05) is 18.2 Å². The van der Waals surface area contributed by atoms with Crippen LogP contribution in [0.2, 0.25) is 0 Å². The number of methoxy groups -OCH3 is 1. The van der Waals surface area contributed by atoms with Crippen LogP contribution in [0.25, 0.3) is 6.08 Å². The van der Waals surface area contributed by atoms with E-state index in [1.165, 1.54) is 18.2 Å². The number of carbonyl (C=O) groups excluding carboxylic acids is 2. The number of aryl methyl sites for hydroxylation is 2. The Hall–Kier alpha value is -3.28. The lowest BCUT2D eigenvalue weighted by atomic mass is 10.1. The van der Waals surface area contributed by atoms with E-state index in [9.17, 15) is 14.7 Å². The minimum atomic E-state index is -0.523.